The molecule has 0 aliphatic carbocycles. The molecular weight excluding hydrogens is 316 g/mol. The van der Waals surface area contributed by atoms with E-state index in [0.29, 0.717) is 18.8 Å². The molecule has 1 atom stereocenters. The molecule has 0 unspecified atom stereocenters. The second-order valence-electron chi connectivity index (χ2n) is 7.19. The highest BCUT2D eigenvalue weighted by atomic mass is 16.5. The van der Waals surface area contributed by atoms with Gasteiger partial charge in [-0.05, 0) is 19.3 Å². The Bertz CT molecular complexity index is 281. The zero-order chi connectivity index (χ0) is 18.6. The Hall–Kier alpha value is -0.450. The Kier molecular flexibility index (Phi) is 19.5. The summed E-state index contributed by atoms with van der Waals surface area (Å²) in [5.74, 6) is 0.399. The van der Waals surface area contributed by atoms with E-state index in [0.717, 1.165) is 32.1 Å². The number of hydrogen-bond acceptors (Lipinski definition) is 4. The van der Waals surface area contributed by atoms with Gasteiger partial charge in [-0.25, -0.2) is 0 Å². The zero-order valence-corrected chi connectivity index (χ0v) is 16.5. The van der Waals surface area contributed by atoms with Crippen LogP contribution in [0.5, 0.6) is 0 Å². The van der Waals surface area contributed by atoms with Crippen molar-refractivity contribution in [1.82, 2.24) is 0 Å². The summed E-state index contributed by atoms with van der Waals surface area (Å²) in [5, 5.41) is 17.7. The third-order valence-corrected chi connectivity index (χ3v) is 4.57. The van der Waals surface area contributed by atoms with Gasteiger partial charge in [0, 0.05) is 19.4 Å². The van der Waals surface area contributed by atoms with Crippen molar-refractivity contribution < 1.29 is 19.7 Å². The van der Waals surface area contributed by atoms with E-state index in [4.69, 9.17) is 14.9 Å². The van der Waals surface area contributed by atoms with Crippen LogP contribution < -0.4 is 0 Å². The first-order chi connectivity index (χ1) is 12.2. The topological polar surface area (TPSA) is 66.8 Å². The molecule has 0 aromatic rings. The molecule has 0 fully saturated rings. The van der Waals surface area contributed by atoms with Crippen LogP contribution in [-0.2, 0) is 9.53 Å². The smallest absolute Gasteiger partial charge is 0.132 e. The van der Waals surface area contributed by atoms with Gasteiger partial charge in [0.05, 0.1) is 13.2 Å². The summed E-state index contributed by atoms with van der Waals surface area (Å²) in [4.78, 5) is 11.8. The zero-order valence-electron chi connectivity index (χ0n) is 16.5. The molecule has 0 aromatic heterocycles. The van der Waals surface area contributed by atoms with Crippen LogP contribution in [0.2, 0.25) is 0 Å². The van der Waals surface area contributed by atoms with Crippen LogP contribution in [-0.4, -0.2) is 41.9 Å². The molecule has 4 heteroatoms. The number of Topliss-reactive ketones (excluding diaryl/α,β-unsaturated/α-hetero) is 1. The van der Waals surface area contributed by atoms with Gasteiger partial charge in [0.1, 0.15) is 11.9 Å². The molecule has 150 valence electrons. The lowest BCUT2D eigenvalue weighted by atomic mass is 10.0. The van der Waals surface area contributed by atoms with Crippen molar-refractivity contribution >= 4 is 5.78 Å². The second kappa shape index (κ2) is 19.9. The van der Waals surface area contributed by atoms with E-state index in [1.807, 2.05) is 0 Å². The number of carbonyl (C=O) groups excluding carboxylic acids is 1. The van der Waals surface area contributed by atoms with Crippen molar-refractivity contribution in [1.29, 1.82) is 0 Å². The molecular formula is C21H42O4. The summed E-state index contributed by atoms with van der Waals surface area (Å²) >= 11 is 0. The predicted molar refractivity (Wildman–Crippen MR) is 104 cm³/mol. The molecule has 0 amide bonds. The fourth-order valence-corrected chi connectivity index (χ4v) is 2.91. The van der Waals surface area contributed by atoms with Gasteiger partial charge in [-0.2, -0.15) is 0 Å². The van der Waals surface area contributed by atoms with Gasteiger partial charge in [0.25, 0.3) is 0 Å². The Morgan fingerprint density at radius 3 is 1.80 bits per heavy atom. The molecule has 0 bridgehead atoms. The van der Waals surface area contributed by atoms with Gasteiger partial charge >= 0.3 is 0 Å². The van der Waals surface area contributed by atoms with Crippen molar-refractivity contribution in [2.45, 2.75) is 109 Å². The van der Waals surface area contributed by atoms with Crippen molar-refractivity contribution in [2.75, 3.05) is 19.8 Å². The maximum atomic E-state index is 11.8. The molecule has 0 saturated heterocycles. The van der Waals surface area contributed by atoms with Crippen LogP contribution in [0.3, 0.4) is 0 Å². The van der Waals surface area contributed by atoms with Crippen LogP contribution in [0.4, 0.5) is 0 Å². The normalized spacial score (nSPS) is 12.4. The monoisotopic (exact) mass is 358 g/mol. The molecule has 4 nitrogen and oxygen atoms in total. The van der Waals surface area contributed by atoms with E-state index in [2.05, 4.69) is 6.92 Å². The third kappa shape index (κ3) is 19.7. The maximum Gasteiger partial charge on any atom is 0.132 e. The van der Waals surface area contributed by atoms with Crippen molar-refractivity contribution in [2.24, 2.45) is 0 Å². The largest absolute Gasteiger partial charge is 0.394 e. The number of aliphatic hydroxyl groups is 2. The number of unbranched alkanes of at least 4 members (excludes halogenated alkanes) is 11. The minimum atomic E-state index is -0.775. The summed E-state index contributed by atoms with van der Waals surface area (Å²) in [7, 11) is 0. The SMILES string of the molecule is CCCCCCCCCCCCC(=O)CCCCCOC[C@H](O)CO. The average molecular weight is 359 g/mol. The first-order valence-corrected chi connectivity index (χ1v) is 10.6. The molecule has 0 aliphatic heterocycles. The van der Waals surface area contributed by atoms with Gasteiger partial charge in [0.15, 0.2) is 0 Å². The lowest BCUT2D eigenvalue weighted by Crippen LogP contribution is -2.19. The molecule has 0 heterocycles. The molecule has 0 aliphatic rings. The Balaban J connectivity index is 3.18. The van der Waals surface area contributed by atoms with Crippen LogP contribution in [0, 0.1) is 0 Å². The van der Waals surface area contributed by atoms with Gasteiger partial charge in [0.2, 0.25) is 0 Å². The molecule has 0 saturated carbocycles. The number of ether oxygens (including phenoxy) is 1. The molecule has 25 heavy (non-hydrogen) atoms. The number of aliphatic hydroxyl groups excluding tert-OH is 2. The van der Waals surface area contributed by atoms with Crippen molar-refractivity contribution in [3.05, 3.63) is 0 Å². The number of hydrogen-bond donors (Lipinski definition) is 2. The van der Waals surface area contributed by atoms with E-state index < -0.39 is 6.10 Å². The van der Waals surface area contributed by atoms with E-state index in [1.165, 1.54) is 57.8 Å². The average Bonchev–Trinajstić information content (AvgIpc) is 2.62. The highest BCUT2D eigenvalue weighted by Gasteiger charge is 2.03. The minimum Gasteiger partial charge on any atom is -0.394 e. The number of rotatable bonds is 20. The first-order valence-electron chi connectivity index (χ1n) is 10.6. The highest BCUT2D eigenvalue weighted by molar-refractivity contribution is 5.78. The van der Waals surface area contributed by atoms with Crippen LogP contribution >= 0.6 is 0 Å². The summed E-state index contributed by atoms with van der Waals surface area (Å²) in [6.07, 6.45) is 16.5. The lowest BCUT2D eigenvalue weighted by molar-refractivity contribution is -0.119. The predicted octanol–water partition coefficient (Wildman–Crippen LogP) is 4.80. The number of carbonyl (C=O) groups is 1. The summed E-state index contributed by atoms with van der Waals surface area (Å²) in [6.45, 7) is 2.77. The van der Waals surface area contributed by atoms with E-state index in [-0.39, 0.29) is 13.2 Å². The molecule has 0 radical (unpaired) electrons. The van der Waals surface area contributed by atoms with E-state index >= 15 is 0 Å². The van der Waals surface area contributed by atoms with Gasteiger partial charge < -0.3 is 14.9 Å². The Morgan fingerprint density at radius 2 is 1.28 bits per heavy atom. The van der Waals surface area contributed by atoms with Gasteiger partial charge in [-0.1, -0.05) is 71.1 Å². The fourth-order valence-electron chi connectivity index (χ4n) is 2.91. The highest BCUT2D eigenvalue weighted by Crippen LogP contribution is 2.12. The standard InChI is InChI=1S/C21H42O4/c1-2-3-4-5-6-7-8-9-10-12-15-20(23)16-13-11-14-17-25-19-21(24)18-22/h21-22,24H,2-19H2,1H3/t21-/m1/s1. The summed E-state index contributed by atoms with van der Waals surface area (Å²) < 4.78 is 5.24. The van der Waals surface area contributed by atoms with Crippen LogP contribution in [0.1, 0.15) is 103 Å². The second-order valence-corrected chi connectivity index (χ2v) is 7.19. The Morgan fingerprint density at radius 1 is 0.800 bits per heavy atom. The third-order valence-electron chi connectivity index (χ3n) is 4.57. The van der Waals surface area contributed by atoms with Crippen molar-refractivity contribution in [3.8, 4) is 0 Å². The van der Waals surface area contributed by atoms with Gasteiger partial charge in [-0.15, -0.1) is 0 Å². The summed E-state index contributed by atoms with van der Waals surface area (Å²) in [6, 6.07) is 0. The van der Waals surface area contributed by atoms with Crippen LogP contribution in [0.25, 0.3) is 0 Å². The first kappa shape index (κ1) is 24.6. The minimum absolute atomic E-state index is 0.189. The van der Waals surface area contributed by atoms with E-state index in [9.17, 15) is 4.79 Å². The molecule has 0 rings (SSSR count). The maximum absolute atomic E-state index is 11.8. The van der Waals surface area contributed by atoms with Crippen molar-refractivity contribution in [3.63, 3.8) is 0 Å². The quantitative estimate of drug-likeness (QED) is 0.307. The molecule has 0 spiro atoms. The molecule has 2 N–H and O–H groups in total. The number of ketones is 1. The molecule has 0 aromatic carbocycles. The van der Waals surface area contributed by atoms with Gasteiger partial charge in [-0.3, -0.25) is 4.79 Å². The lowest BCUT2D eigenvalue weighted by Gasteiger charge is -2.07. The van der Waals surface area contributed by atoms with Crippen LogP contribution in [0.15, 0.2) is 0 Å². The summed E-state index contributed by atoms with van der Waals surface area (Å²) in [5.41, 5.74) is 0. The van der Waals surface area contributed by atoms with E-state index in [1.54, 1.807) is 0 Å². The Labute approximate surface area is 155 Å². The fraction of sp³-hybridized carbons (Fsp3) is 0.952.